The molecule has 15 heavy (non-hydrogen) atoms. The van der Waals surface area contributed by atoms with Crippen molar-refractivity contribution in [3.05, 3.63) is 34.3 Å². The summed E-state index contributed by atoms with van der Waals surface area (Å²) in [4.78, 5) is 11.3. The van der Waals surface area contributed by atoms with Crippen LogP contribution in [0.25, 0.3) is 11.1 Å². The highest BCUT2D eigenvalue weighted by atomic mass is 16.4. The molecule has 1 heterocycles. The normalized spacial score (nSPS) is 12.3. The summed E-state index contributed by atoms with van der Waals surface area (Å²) in [5.74, 6) is -0.350. The molecule has 2 rings (SSSR count). The zero-order valence-electron chi connectivity index (χ0n) is 9.07. The van der Waals surface area contributed by atoms with Crippen molar-refractivity contribution in [1.29, 1.82) is 0 Å². The Balaban J connectivity index is 2.75. The summed E-state index contributed by atoms with van der Waals surface area (Å²) in [6.07, 6.45) is 0. The molecule has 0 saturated heterocycles. The SMILES string of the molecule is Cn1c(=O)oc2ccc(C(C)(C)N)cc21. The van der Waals surface area contributed by atoms with Gasteiger partial charge >= 0.3 is 5.76 Å². The van der Waals surface area contributed by atoms with Crippen LogP contribution >= 0.6 is 0 Å². The van der Waals surface area contributed by atoms with Gasteiger partial charge in [-0.3, -0.25) is 4.57 Å². The highest BCUT2D eigenvalue weighted by Crippen LogP contribution is 2.21. The van der Waals surface area contributed by atoms with Crippen LogP contribution in [0.3, 0.4) is 0 Å². The average molecular weight is 206 g/mol. The maximum absolute atomic E-state index is 11.3. The zero-order chi connectivity index (χ0) is 11.2. The predicted octanol–water partition coefficient (Wildman–Crippen LogP) is 1.33. The van der Waals surface area contributed by atoms with E-state index in [1.54, 1.807) is 13.1 Å². The van der Waals surface area contributed by atoms with E-state index in [2.05, 4.69) is 0 Å². The van der Waals surface area contributed by atoms with Crippen LogP contribution in [0.1, 0.15) is 19.4 Å². The van der Waals surface area contributed by atoms with Gasteiger partial charge < -0.3 is 10.2 Å². The molecule has 80 valence electrons. The number of hydrogen-bond donors (Lipinski definition) is 1. The summed E-state index contributed by atoms with van der Waals surface area (Å²) >= 11 is 0. The molecule has 2 aromatic rings. The highest BCUT2D eigenvalue weighted by molar-refractivity contribution is 5.74. The second kappa shape index (κ2) is 2.97. The molecule has 0 aliphatic heterocycles. The second-order valence-electron chi connectivity index (χ2n) is 4.33. The number of nitrogens with two attached hydrogens (primary N) is 1. The van der Waals surface area contributed by atoms with Crippen molar-refractivity contribution in [2.75, 3.05) is 0 Å². The van der Waals surface area contributed by atoms with Gasteiger partial charge in [0.2, 0.25) is 0 Å². The van der Waals surface area contributed by atoms with E-state index in [4.69, 9.17) is 10.2 Å². The lowest BCUT2D eigenvalue weighted by Crippen LogP contribution is -2.28. The van der Waals surface area contributed by atoms with Crippen LogP contribution < -0.4 is 11.5 Å². The molecule has 0 unspecified atom stereocenters. The molecule has 0 aliphatic carbocycles. The highest BCUT2D eigenvalue weighted by Gasteiger charge is 2.16. The van der Waals surface area contributed by atoms with Crippen LogP contribution in [0, 0.1) is 0 Å². The summed E-state index contributed by atoms with van der Waals surface area (Å²) < 4.78 is 6.51. The van der Waals surface area contributed by atoms with Crippen molar-refractivity contribution >= 4 is 11.1 Å². The minimum absolute atomic E-state index is 0.350. The minimum atomic E-state index is -0.415. The Bertz CT molecular complexity index is 558. The molecule has 1 aromatic heterocycles. The van der Waals surface area contributed by atoms with Crippen LogP contribution in [0.2, 0.25) is 0 Å². The smallest absolute Gasteiger partial charge is 0.408 e. The van der Waals surface area contributed by atoms with Gasteiger partial charge in [0.15, 0.2) is 5.58 Å². The van der Waals surface area contributed by atoms with E-state index < -0.39 is 5.54 Å². The van der Waals surface area contributed by atoms with Crippen LogP contribution in [0.5, 0.6) is 0 Å². The molecule has 0 fully saturated rings. The third-order valence-electron chi connectivity index (χ3n) is 2.54. The van der Waals surface area contributed by atoms with Crippen molar-refractivity contribution in [2.45, 2.75) is 19.4 Å². The fraction of sp³-hybridized carbons (Fsp3) is 0.364. The molecule has 0 bridgehead atoms. The Morgan fingerprint density at radius 3 is 2.67 bits per heavy atom. The summed E-state index contributed by atoms with van der Waals surface area (Å²) in [5, 5.41) is 0. The Kier molecular flexibility index (Phi) is 1.98. The van der Waals surface area contributed by atoms with Gasteiger partial charge in [-0.05, 0) is 31.5 Å². The van der Waals surface area contributed by atoms with Crippen LogP contribution in [0.4, 0.5) is 0 Å². The minimum Gasteiger partial charge on any atom is -0.408 e. The lowest BCUT2D eigenvalue weighted by molar-refractivity contribution is 0.528. The monoisotopic (exact) mass is 206 g/mol. The third-order valence-corrected chi connectivity index (χ3v) is 2.54. The first-order chi connectivity index (χ1) is 6.89. The van der Waals surface area contributed by atoms with Gasteiger partial charge in [0.05, 0.1) is 5.52 Å². The summed E-state index contributed by atoms with van der Waals surface area (Å²) in [6.45, 7) is 3.85. The fourth-order valence-corrected chi connectivity index (χ4v) is 1.53. The molecule has 4 nitrogen and oxygen atoms in total. The topological polar surface area (TPSA) is 61.2 Å². The zero-order valence-corrected chi connectivity index (χ0v) is 9.07. The van der Waals surface area contributed by atoms with E-state index >= 15 is 0 Å². The van der Waals surface area contributed by atoms with E-state index in [9.17, 15) is 4.79 Å². The number of fused-ring (bicyclic) bond motifs is 1. The molecule has 0 atom stereocenters. The molecule has 0 saturated carbocycles. The number of aryl methyl sites for hydroxylation is 1. The lowest BCUT2D eigenvalue weighted by atomic mass is 9.95. The molecule has 0 radical (unpaired) electrons. The van der Waals surface area contributed by atoms with Gasteiger partial charge in [0, 0.05) is 12.6 Å². The van der Waals surface area contributed by atoms with E-state index in [-0.39, 0.29) is 5.76 Å². The predicted molar refractivity (Wildman–Crippen MR) is 58.7 cm³/mol. The quantitative estimate of drug-likeness (QED) is 0.765. The van der Waals surface area contributed by atoms with Gasteiger partial charge in [0.1, 0.15) is 0 Å². The van der Waals surface area contributed by atoms with Gasteiger partial charge in [-0.1, -0.05) is 6.07 Å². The van der Waals surface area contributed by atoms with Gasteiger partial charge in [-0.25, -0.2) is 4.79 Å². The molecule has 1 aromatic carbocycles. The van der Waals surface area contributed by atoms with Crippen molar-refractivity contribution in [3.63, 3.8) is 0 Å². The lowest BCUT2D eigenvalue weighted by Gasteiger charge is -2.18. The van der Waals surface area contributed by atoms with Crippen molar-refractivity contribution in [3.8, 4) is 0 Å². The number of hydrogen-bond acceptors (Lipinski definition) is 3. The Morgan fingerprint density at radius 2 is 2.07 bits per heavy atom. The number of nitrogens with zero attached hydrogens (tertiary/aromatic N) is 1. The first kappa shape index (κ1) is 9.98. The third kappa shape index (κ3) is 1.57. The Hall–Kier alpha value is -1.55. The van der Waals surface area contributed by atoms with Crippen LogP contribution in [-0.2, 0) is 12.6 Å². The maximum Gasteiger partial charge on any atom is 0.419 e. The first-order valence-electron chi connectivity index (χ1n) is 4.78. The van der Waals surface area contributed by atoms with Crippen LogP contribution in [-0.4, -0.2) is 4.57 Å². The largest absolute Gasteiger partial charge is 0.419 e. The molecule has 0 spiro atoms. The molecular formula is C11H14N2O2. The molecular weight excluding hydrogens is 192 g/mol. The maximum atomic E-state index is 11.3. The molecule has 4 heteroatoms. The molecule has 0 amide bonds. The molecule has 0 aliphatic rings. The van der Waals surface area contributed by atoms with E-state index in [0.29, 0.717) is 5.58 Å². The standard InChI is InChI=1S/C11H14N2O2/c1-11(2,12)7-4-5-9-8(6-7)13(3)10(14)15-9/h4-6H,12H2,1-3H3. The van der Waals surface area contributed by atoms with Gasteiger partial charge in [-0.15, -0.1) is 0 Å². The fourth-order valence-electron chi connectivity index (χ4n) is 1.53. The van der Waals surface area contributed by atoms with Crippen LogP contribution in [0.15, 0.2) is 27.4 Å². The Labute approximate surface area is 87.3 Å². The van der Waals surface area contributed by atoms with Crippen molar-refractivity contribution in [2.24, 2.45) is 12.8 Å². The van der Waals surface area contributed by atoms with E-state index in [1.807, 2.05) is 26.0 Å². The second-order valence-corrected chi connectivity index (χ2v) is 4.33. The van der Waals surface area contributed by atoms with Gasteiger partial charge in [0.25, 0.3) is 0 Å². The number of oxazole rings is 1. The van der Waals surface area contributed by atoms with E-state index in [0.717, 1.165) is 11.1 Å². The van der Waals surface area contributed by atoms with Crippen molar-refractivity contribution < 1.29 is 4.42 Å². The van der Waals surface area contributed by atoms with E-state index in [1.165, 1.54) is 4.57 Å². The van der Waals surface area contributed by atoms with Gasteiger partial charge in [-0.2, -0.15) is 0 Å². The van der Waals surface area contributed by atoms with Crippen molar-refractivity contribution in [1.82, 2.24) is 4.57 Å². The first-order valence-corrected chi connectivity index (χ1v) is 4.78. The Morgan fingerprint density at radius 1 is 1.40 bits per heavy atom. The summed E-state index contributed by atoms with van der Waals surface area (Å²) in [6, 6.07) is 5.55. The summed E-state index contributed by atoms with van der Waals surface area (Å²) in [7, 11) is 1.68. The number of aromatic nitrogens is 1. The number of benzene rings is 1. The molecule has 2 N–H and O–H groups in total. The number of rotatable bonds is 1. The average Bonchev–Trinajstić information content (AvgIpc) is 2.41. The summed E-state index contributed by atoms with van der Waals surface area (Å²) in [5.41, 5.74) is 7.92.